The maximum absolute atomic E-state index is 11.6. The molecule has 116 valence electrons. The van der Waals surface area contributed by atoms with E-state index in [-0.39, 0.29) is 0 Å². The van der Waals surface area contributed by atoms with Gasteiger partial charge in [0.15, 0.2) is 0 Å². The molecule has 0 aromatic carbocycles. The van der Waals surface area contributed by atoms with E-state index in [4.69, 9.17) is 0 Å². The molecule has 0 spiro atoms. The fraction of sp³-hybridized carbons (Fsp3) is 0.938. The third-order valence-corrected chi connectivity index (χ3v) is 5.65. The van der Waals surface area contributed by atoms with Gasteiger partial charge in [0.1, 0.15) is 5.54 Å². The standard InChI is InChI=1S/C16H30N2O2/c1-12(2)13-6-9-18(10-7-13)14-5-4-8-16(11-14,17-3)15(19)20/h12-14,17H,4-11H2,1-3H3,(H,19,20). The minimum Gasteiger partial charge on any atom is -0.480 e. The number of nitrogens with zero attached hydrogens (tertiary/aromatic N) is 1. The maximum atomic E-state index is 11.6. The SMILES string of the molecule is CNC1(C(=O)O)CCCC(N2CCC(C(C)C)CC2)C1. The predicted octanol–water partition coefficient (Wildman–Crippen LogP) is 2.34. The van der Waals surface area contributed by atoms with Crippen LogP contribution in [0.15, 0.2) is 0 Å². The Kier molecular flexibility index (Phi) is 5.08. The molecule has 1 heterocycles. The van der Waals surface area contributed by atoms with E-state index in [2.05, 4.69) is 24.1 Å². The van der Waals surface area contributed by atoms with Gasteiger partial charge in [-0.15, -0.1) is 0 Å². The lowest BCUT2D eigenvalue weighted by molar-refractivity contribution is -0.147. The highest BCUT2D eigenvalue weighted by Crippen LogP contribution is 2.34. The quantitative estimate of drug-likeness (QED) is 0.831. The molecular formula is C16H30N2O2. The summed E-state index contributed by atoms with van der Waals surface area (Å²) in [6.07, 6.45) is 6.23. The Bertz CT molecular complexity index is 337. The van der Waals surface area contributed by atoms with Gasteiger partial charge in [0, 0.05) is 6.04 Å². The lowest BCUT2D eigenvalue weighted by atomic mass is 9.77. The number of aliphatic carboxylic acids is 1. The molecule has 1 saturated carbocycles. The molecule has 0 aromatic rings. The number of nitrogens with one attached hydrogen (secondary N) is 1. The molecule has 2 N–H and O–H groups in total. The molecule has 4 heteroatoms. The van der Waals surface area contributed by atoms with Gasteiger partial charge in [-0.05, 0) is 70.5 Å². The van der Waals surface area contributed by atoms with Crippen LogP contribution in [0.3, 0.4) is 0 Å². The lowest BCUT2D eigenvalue weighted by Crippen LogP contribution is -2.58. The number of carboxylic acids is 1. The van der Waals surface area contributed by atoms with E-state index in [1.165, 1.54) is 12.8 Å². The average molecular weight is 282 g/mol. The van der Waals surface area contributed by atoms with E-state index < -0.39 is 11.5 Å². The summed E-state index contributed by atoms with van der Waals surface area (Å²) in [6.45, 7) is 6.93. The second kappa shape index (κ2) is 6.44. The van der Waals surface area contributed by atoms with Gasteiger partial charge in [-0.3, -0.25) is 4.79 Å². The third kappa shape index (κ3) is 3.17. The molecule has 0 aromatic heterocycles. The summed E-state index contributed by atoms with van der Waals surface area (Å²) in [7, 11) is 1.79. The second-order valence-electron chi connectivity index (χ2n) is 7.00. The lowest BCUT2D eigenvalue weighted by Gasteiger charge is -2.45. The number of piperidine rings is 1. The zero-order chi connectivity index (χ0) is 14.8. The van der Waals surface area contributed by atoms with Crippen LogP contribution in [-0.4, -0.2) is 47.7 Å². The fourth-order valence-corrected chi connectivity index (χ4v) is 4.04. The van der Waals surface area contributed by atoms with Crippen molar-refractivity contribution in [1.82, 2.24) is 10.2 Å². The first kappa shape index (κ1) is 15.8. The predicted molar refractivity (Wildman–Crippen MR) is 80.8 cm³/mol. The Hall–Kier alpha value is -0.610. The smallest absolute Gasteiger partial charge is 0.323 e. The van der Waals surface area contributed by atoms with Gasteiger partial charge in [-0.2, -0.15) is 0 Å². The van der Waals surface area contributed by atoms with Gasteiger partial charge >= 0.3 is 5.97 Å². The van der Waals surface area contributed by atoms with Gasteiger partial charge in [-0.1, -0.05) is 13.8 Å². The third-order valence-electron chi connectivity index (χ3n) is 5.65. The Morgan fingerprint density at radius 3 is 2.45 bits per heavy atom. The second-order valence-corrected chi connectivity index (χ2v) is 7.00. The monoisotopic (exact) mass is 282 g/mol. The van der Waals surface area contributed by atoms with E-state index in [1.54, 1.807) is 7.05 Å². The molecule has 2 atom stereocenters. The number of carboxylic acid groups (broad SMARTS) is 1. The summed E-state index contributed by atoms with van der Waals surface area (Å²) >= 11 is 0. The Balaban J connectivity index is 1.95. The molecule has 0 bridgehead atoms. The van der Waals surface area contributed by atoms with Crippen molar-refractivity contribution in [3.05, 3.63) is 0 Å². The van der Waals surface area contributed by atoms with Crippen LogP contribution in [0.1, 0.15) is 52.4 Å². The van der Waals surface area contributed by atoms with Crippen molar-refractivity contribution in [2.24, 2.45) is 11.8 Å². The highest BCUT2D eigenvalue weighted by atomic mass is 16.4. The molecule has 4 nitrogen and oxygen atoms in total. The summed E-state index contributed by atoms with van der Waals surface area (Å²) in [4.78, 5) is 14.1. The van der Waals surface area contributed by atoms with E-state index in [0.29, 0.717) is 6.04 Å². The highest BCUT2D eigenvalue weighted by molar-refractivity contribution is 5.79. The van der Waals surface area contributed by atoms with E-state index in [9.17, 15) is 9.90 Å². The van der Waals surface area contributed by atoms with Crippen LogP contribution in [0.4, 0.5) is 0 Å². The highest BCUT2D eigenvalue weighted by Gasteiger charge is 2.43. The molecule has 0 amide bonds. The van der Waals surface area contributed by atoms with Crippen LogP contribution in [0.25, 0.3) is 0 Å². The van der Waals surface area contributed by atoms with Crippen LogP contribution in [0.2, 0.25) is 0 Å². The van der Waals surface area contributed by atoms with E-state index in [0.717, 1.165) is 50.6 Å². The topological polar surface area (TPSA) is 52.6 Å². The van der Waals surface area contributed by atoms with Crippen LogP contribution in [0, 0.1) is 11.8 Å². The Labute approximate surface area is 122 Å². The maximum Gasteiger partial charge on any atom is 0.323 e. The number of hydrogen-bond donors (Lipinski definition) is 2. The number of likely N-dealkylation sites (N-methyl/N-ethyl adjacent to an activating group) is 1. The number of rotatable bonds is 4. The first-order valence-corrected chi connectivity index (χ1v) is 8.15. The van der Waals surface area contributed by atoms with Crippen molar-refractivity contribution in [2.45, 2.75) is 64.0 Å². The summed E-state index contributed by atoms with van der Waals surface area (Å²) in [6, 6.07) is 0.445. The Morgan fingerprint density at radius 2 is 1.95 bits per heavy atom. The van der Waals surface area contributed by atoms with Gasteiger partial charge in [0.05, 0.1) is 0 Å². The van der Waals surface area contributed by atoms with Gasteiger partial charge in [0.25, 0.3) is 0 Å². The van der Waals surface area contributed by atoms with Gasteiger partial charge < -0.3 is 15.3 Å². The van der Waals surface area contributed by atoms with Crippen LogP contribution in [0.5, 0.6) is 0 Å². The van der Waals surface area contributed by atoms with Crippen LogP contribution in [-0.2, 0) is 4.79 Å². The van der Waals surface area contributed by atoms with E-state index in [1.807, 2.05) is 0 Å². The first-order chi connectivity index (χ1) is 9.48. The minimum absolute atomic E-state index is 0.445. The van der Waals surface area contributed by atoms with Crippen molar-refractivity contribution < 1.29 is 9.90 Å². The summed E-state index contributed by atoms with van der Waals surface area (Å²) in [5.74, 6) is 0.948. The number of hydrogen-bond acceptors (Lipinski definition) is 3. The molecule has 1 aliphatic carbocycles. The molecule has 2 rings (SSSR count). The van der Waals surface area contributed by atoms with Gasteiger partial charge in [-0.25, -0.2) is 0 Å². The summed E-state index contributed by atoms with van der Waals surface area (Å²) < 4.78 is 0. The van der Waals surface area contributed by atoms with Crippen molar-refractivity contribution in [3.63, 3.8) is 0 Å². The minimum atomic E-state index is -0.697. The van der Waals surface area contributed by atoms with Crippen molar-refractivity contribution >= 4 is 5.97 Å². The molecule has 0 radical (unpaired) electrons. The zero-order valence-electron chi connectivity index (χ0n) is 13.2. The summed E-state index contributed by atoms with van der Waals surface area (Å²) in [5.41, 5.74) is -0.697. The summed E-state index contributed by atoms with van der Waals surface area (Å²) in [5, 5.41) is 12.6. The molecule has 20 heavy (non-hydrogen) atoms. The zero-order valence-corrected chi connectivity index (χ0v) is 13.2. The molecule has 1 aliphatic heterocycles. The molecule has 2 aliphatic rings. The number of carbonyl (C=O) groups is 1. The average Bonchev–Trinajstić information content (AvgIpc) is 2.47. The molecular weight excluding hydrogens is 252 g/mol. The van der Waals surface area contributed by atoms with Gasteiger partial charge in [0.2, 0.25) is 0 Å². The van der Waals surface area contributed by atoms with E-state index >= 15 is 0 Å². The van der Waals surface area contributed by atoms with Crippen molar-refractivity contribution in [3.8, 4) is 0 Å². The molecule has 1 saturated heterocycles. The van der Waals surface area contributed by atoms with Crippen molar-refractivity contribution in [2.75, 3.05) is 20.1 Å². The van der Waals surface area contributed by atoms with Crippen LogP contribution >= 0.6 is 0 Å². The molecule has 2 unspecified atom stereocenters. The number of likely N-dealkylation sites (tertiary alicyclic amines) is 1. The largest absolute Gasteiger partial charge is 0.480 e. The normalized spacial score (nSPS) is 33.5. The fourth-order valence-electron chi connectivity index (χ4n) is 4.04. The first-order valence-electron chi connectivity index (χ1n) is 8.15. The Morgan fingerprint density at radius 1 is 1.30 bits per heavy atom. The molecule has 2 fully saturated rings. The van der Waals surface area contributed by atoms with Crippen molar-refractivity contribution in [1.29, 1.82) is 0 Å². The van der Waals surface area contributed by atoms with Crippen LogP contribution < -0.4 is 5.32 Å².